The van der Waals surface area contributed by atoms with E-state index in [2.05, 4.69) is 12.2 Å². The number of aromatic nitrogens is 2. The molecule has 2 saturated carbocycles. The van der Waals surface area contributed by atoms with Crippen LogP contribution in [0.1, 0.15) is 62.4 Å². The lowest BCUT2D eigenvalue weighted by Gasteiger charge is -2.21. The Morgan fingerprint density at radius 2 is 1.11 bits per heavy atom. The number of Topliss-reactive ketones (excluding diaryl/α,β-unsaturated/α-hetero) is 4. The third-order valence-corrected chi connectivity index (χ3v) is 15.6. The van der Waals surface area contributed by atoms with Crippen LogP contribution in [0.4, 0.5) is 14.6 Å². The Balaban J connectivity index is 0.990. The highest BCUT2D eigenvalue weighted by Crippen LogP contribution is 2.40. The molecule has 5 aliphatic rings. The average Bonchev–Trinajstić information content (AvgIpc) is 4.17. The monoisotopic (exact) mass is 907 g/mol. The van der Waals surface area contributed by atoms with Crippen LogP contribution in [0.2, 0.25) is 0 Å². The van der Waals surface area contributed by atoms with Crippen molar-refractivity contribution in [2.75, 3.05) is 0 Å². The van der Waals surface area contributed by atoms with E-state index in [4.69, 9.17) is 14.5 Å². The molecule has 0 spiro atoms. The van der Waals surface area contributed by atoms with Crippen LogP contribution in [-0.4, -0.2) is 50.2 Å². The highest BCUT2D eigenvalue weighted by atomic mass is 32.1. The van der Waals surface area contributed by atoms with Crippen molar-refractivity contribution in [2.45, 2.75) is 38.9 Å². The Kier molecular flexibility index (Phi) is 9.54. The van der Waals surface area contributed by atoms with Gasteiger partial charge in [0.2, 0.25) is 0 Å². The lowest BCUT2D eigenvalue weighted by molar-refractivity contribution is -0.120. The second kappa shape index (κ2) is 15.7. The van der Waals surface area contributed by atoms with Crippen LogP contribution in [0.15, 0.2) is 108 Å². The van der Waals surface area contributed by atoms with Crippen molar-refractivity contribution in [3.63, 3.8) is 0 Å². The third kappa shape index (κ3) is 6.47. The summed E-state index contributed by atoms with van der Waals surface area (Å²) in [5.74, 6) is -2.22. The Morgan fingerprint density at radius 3 is 1.64 bits per heavy atom. The van der Waals surface area contributed by atoms with Gasteiger partial charge in [-0.2, -0.15) is 0 Å². The number of ketones is 4. The summed E-state index contributed by atoms with van der Waals surface area (Å²) >= 11 is 2.69. The molecule has 4 heterocycles. The van der Waals surface area contributed by atoms with Gasteiger partial charge in [-0.25, -0.2) is 23.7 Å². The molecule has 7 aromatic rings. The summed E-state index contributed by atoms with van der Waals surface area (Å²) < 4.78 is 16.5. The molecule has 3 aromatic carbocycles. The lowest BCUT2D eigenvalue weighted by Crippen LogP contribution is -2.42. The molecule has 5 aliphatic carbocycles. The minimum absolute atomic E-state index is 0.00742. The largest absolute Gasteiger partial charge is 0.444 e. The Morgan fingerprint density at radius 1 is 0.621 bits per heavy atom. The van der Waals surface area contributed by atoms with E-state index in [1.165, 1.54) is 22.7 Å². The van der Waals surface area contributed by atoms with Crippen molar-refractivity contribution >= 4 is 120 Å². The van der Waals surface area contributed by atoms with Crippen molar-refractivity contribution in [2.24, 2.45) is 28.7 Å². The first-order chi connectivity index (χ1) is 32.2. The number of allylic oxidation sites excluding steroid dienone is 1. The Hall–Kier alpha value is -7.35. The molecule has 0 saturated heterocycles. The molecule has 0 bridgehead atoms. The van der Waals surface area contributed by atoms with Crippen molar-refractivity contribution in [3.05, 3.63) is 151 Å². The van der Waals surface area contributed by atoms with Gasteiger partial charge >= 0.3 is 12.2 Å². The highest BCUT2D eigenvalue weighted by Gasteiger charge is 2.47. The van der Waals surface area contributed by atoms with E-state index in [0.717, 1.165) is 43.8 Å². The van der Waals surface area contributed by atoms with Gasteiger partial charge in [-0.15, -0.1) is 22.7 Å². The predicted molar refractivity (Wildman–Crippen MR) is 253 cm³/mol. The van der Waals surface area contributed by atoms with Crippen LogP contribution in [0.3, 0.4) is 0 Å². The lowest BCUT2D eigenvalue weighted by atomic mass is 9.81. The molecule has 4 atom stereocenters. The standard InChI is InChI=1S/C53H37N3O8S2/c57-46-33-15-7-8-16-34(33)47(58)39(46)23-32-24-42-50(65-32)37-19-30-22-41-38(20-31(30)21-40(37)55(42)52(61)63-26-28-11-3-1-4-12-28)51-43(56(41)53(62)64-27-29-13-5-2-6-14-29)25-44(66-51)54-45-48(59)35-17-9-10-18-36(35)49(45)60/h1-8,11-16,19-25,30-31,35-36H,9-10,17-18,26-27H2. The fourth-order valence-corrected chi connectivity index (χ4v) is 12.4. The van der Waals surface area contributed by atoms with E-state index < -0.39 is 12.2 Å². The number of aliphatic imine (C=N–C) groups is 1. The molecule has 11 nitrogen and oxygen atoms in total. The molecule has 0 amide bonds. The number of nitrogens with zero attached hydrogens (tertiary/aromatic N) is 3. The summed E-state index contributed by atoms with van der Waals surface area (Å²) in [6.45, 7) is 0.0923. The van der Waals surface area contributed by atoms with Gasteiger partial charge in [-0.3, -0.25) is 19.2 Å². The highest BCUT2D eigenvalue weighted by molar-refractivity contribution is 7.22. The first-order valence-electron chi connectivity index (χ1n) is 22.0. The minimum atomic E-state index is -0.589. The van der Waals surface area contributed by atoms with Crippen molar-refractivity contribution in [3.8, 4) is 0 Å². The van der Waals surface area contributed by atoms with Crippen LogP contribution < -0.4 is 21.1 Å². The van der Waals surface area contributed by atoms with E-state index in [-0.39, 0.29) is 71.3 Å². The summed E-state index contributed by atoms with van der Waals surface area (Å²) in [4.78, 5) is 87.6. The number of ether oxygens (including phenoxy) is 2. The van der Waals surface area contributed by atoms with E-state index in [1.54, 1.807) is 45.5 Å². The number of hydrogen-bond donors (Lipinski definition) is 0. The molecule has 2 fully saturated rings. The smallest absolute Gasteiger partial charge is 0.419 e. The first-order valence-corrected chi connectivity index (χ1v) is 23.6. The fourth-order valence-electron chi connectivity index (χ4n) is 10.2. The summed E-state index contributed by atoms with van der Waals surface area (Å²) in [7, 11) is 0. The van der Waals surface area contributed by atoms with E-state index in [0.29, 0.717) is 55.6 Å². The second-order valence-corrected chi connectivity index (χ2v) is 19.4. The number of fused-ring (bicyclic) bond motifs is 9. The maximum atomic E-state index is 14.3. The van der Waals surface area contributed by atoms with E-state index in [9.17, 15) is 28.8 Å². The van der Waals surface area contributed by atoms with Gasteiger partial charge in [0.15, 0.2) is 28.8 Å². The minimum Gasteiger partial charge on any atom is -0.444 e. The molecule has 4 aromatic heterocycles. The van der Waals surface area contributed by atoms with Gasteiger partial charge < -0.3 is 9.47 Å². The number of benzene rings is 3. The molecular formula is C53H37N3O8S2. The van der Waals surface area contributed by atoms with Gasteiger partial charge in [0.25, 0.3) is 0 Å². The zero-order chi connectivity index (χ0) is 44.8. The van der Waals surface area contributed by atoms with Crippen molar-refractivity contribution in [1.82, 2.24) is 9.13 Å². The molecule has 324 valence electrons. The fraction of sp³-hybridized carbons (Fsp3) is 0.189. The second-order valence-electron chi connectivity index (χ2n) is 17.3. The van der Waals surface area contributed by atoms with Gasteiger partial charge in [0.1, 0.15) is 18.2 Å². The van der Waals surface area contributed by atoms with Crippen LogP contribution in [0.5, 0.6) is 0 Å². The molecule has 0 radical (unpaired) electrons. The molecule has 0 aliphatic heterocycles. The van der Waals surface area contributed by atoms with E-state index >= 15 is 0 Å². The molecule has 0 N–H and O–H groups in total. The van der Waals surface area contributed by atoms with Crippen LogP contribution in [-0.2, 0) is 32.3 Å². The number of thiophene rings is 2. The van der Waals surface area contributed by atoms with Crippen molar-refractivity contribution in [1.29, 1.82) is 0 Å². The SMILES string of the molecule is O=C1C(=Cc2cc3c(s2)c2c(n3C(=O)OCc3ccccc3)=CC3C=c4c(n(C(=O)OCc5ccccc5)c5cc(N=C6C(=O)C7CCCCC7C6=O)sc45)=CC3C=2)C(=O)c2ccccc21. The topological polar surface area (TPSA) is 143 Å². The molecule has 4 unspecified atom stereocenters. The Labute approximate surface area is 383 Å². The maximum Gasteiger partial charge on any atom is 0.419 e. The van der Waals surface area contributed by atoms with Gasteiger partial charge in [0, 0.05) is 50.1 Å². The van der Waals surface area contributed by atoms with Crippen LogP contribution in [0, 0.1) is 23.7 Å². The number of carbonyl (C=O) groups is 6. The Bertz CT molecular complexity index is 3580. The normalized spacial score (nSPS) is 20.4. The zero-order valence-electron chi connectivity index (χ0n) is 35.1. The summed E-state index contributed by atoms with van der Waals surface area (Å²) in [6, 6.07) is 29.2. The molecular weight excluding hydrogens is 871 g/mol. The average molecular weight is 908 g/mol. The summed E-state index contributed by atoms with van der Waals surface area (Å²) in [5.41, 5.74) is 3.57. The number of rotatable bonds is 6. The molecule has 13 heteroatoms. The maximum absolute atomic E-state index is 14.3. The summed E-state index contributed by atoms with van der Waals surface area (Å²) in [5, 5.41) is 3.28. The van der Waals surface area contributed by atoms with E-state index in [1.807, 2.05) is 78.9 Å². The predicted octanol–water partition coefficient (Wildman–Crippen LogP) is 7.66. The summed E-state index contributed by atoms with van der Waals surface area (Å²) in [6.07, 6.45) is 11.9. The number of carbonyl (C=O) groups excluding carboxylic acids is 6. The molecule has 66 heavy (non-hydrogen) atoms. The van der Waals surface area contributed by atoms with Crippen LogP contribution >= 0.6 is 22.7 Å². The van der Waals surface area contributed by atoms with Gasteiger partial charge in [0.05, 0.1) is 36.7 Å². The zero-order valence-corrected chi connectivity index (χ0v) is 36.7. The third-order valence-electron chi connectivity index (χ3n) is 13.4. The van der Waals surface area contributed by atoms with Gasteiger partial charge in [-0.05, 0) is 42.2 Å². The molecule has 12 rings (SSSR count). The number of hydrogen-bond acceptors (Lipinski definition) is 11. The van der Waals surface area contributed by atoms with Crippen LogP contribution in [0.25, 0.3) is 50.8 Å². The van der Waals surface area contributed by atoms with Gasteiger partial charge in [-0.1, -0.05) is 122 Å². The first kappa shape index (κ1) is 40.2. The van der Waals surface area contributed by atoms with Crippen molar-refractivity contribution < 1.29 is 38.2 Å². The quantitative estimate of drug-likeness (QED) is 0.122.